The van der Waals surface area contributed by atoms with Gasteiger partial charge in [-0.1, -0.05) is 60.7 Å². The largest absolute Gasteiger partial charge is 0.135 e. The molecule has 0 nitrogen and oxygen atoms in total. The molecule has 0 spiro atoms. The molecule has 2 heterocycles. The van der Waals surface area contributed by atoms with Crippen LogP contribution in [0, 0.1) is 0 Å². The minimum atomic E-state index is 1.05. The first-order valence-electron chi connectivity index (χ1n) is 9.25. The third kappa shape index (κ3) is 1.77. The molecule has 0 fully saturated rings. The van der Waals surface area contributed by atoms with Crippen LogP contribution in [0.3, 0.4) is 0 Å². The quantitative estimate of drug-likeness (QED) is 0.251. The minimum Gasteiger partial charge on any atom is -0.135 e. The maximum absolute atomic E-state index is 2.35. The highest BCUT2D eigenvalue weighted by Crippen LogP contribution is 2.49. The first-order chi connectivity index (χ1) is 13.4. The Bertz CT molecular complexity index is 1430. The lowest BCUT2D eigenvalue weighted by Gasteiger charge is -2.02. The maximum atomic E-state index is 2.35. The summed E-state index contributed by atoms with van der Waals surface area (Å²) in [6.07, 6.45) is 1.05. The second kappa shape index (κ2) is 4.98. The van der Waals surface area contributed by atoms with Crippen molar-refractivity contribution in [2.75, 3.05) is 0 Å². The zero-order valence-corrected chi connectivity index (χ0v) is 16.1. The van der Waals surface area contributed by atoms with Crippen molar-refractivity contribution in [3.63, 3.8) is 0 Å². The van der Waals surface area contributed by atoms with Crippen molar-refractivity contribution in [2.45, 2.75) is 6.42 Å². The summed E-state index contributed by atoms with van der Waals surface area (Å²) in [6, 6.07) is 27.0. The Morgan fingerprint density at radius 2 is 0.963 bits per heavy atom. The van der Waals surface area contributed by atoms with Gasteiger partial charge in [0.15, 0.2) is 0 Å². The van der Waals surface area contributed by atoms with E-state index in [0.717, 1.165) is 6.42 Å². The molecule has 0 unspecified atom stereocenters. The second-order valence-corrected chi connectivity index (χ2v) is 9.41. The molecule has 1 aliphatic rings. The van der Waals surface area contributed by atoms with E-state index in [1.165, 1.54) is 62.6 Å². The molecule has 0 amide bonds. The summed E-state index contributed by atoms with van der Waals surface area (Å²) >= 11 is 3.90. The fourth-order valence-electron chi connectivity index (χ4n) is 4.72. The summed E-state index contributed by atoms with van der Waals surface area (Å²) in [5.41, 5.74) is 5.91. The minimum absolute atomic E-state index is 1.05. The van der Waals surface area contributed by atoms with Gasteiger partial charge in [0.1, 0.15) is 0 Å². The molecule has 0 radical (unpaired) electrons. The van der Waals surface area contributed by atoms with Crippen LogP contribution in [0.4, 0.5) is 0 Å². The van der Waals surface area contributed by atoms with Gasteiger partial charge >= 0.3 is 0 Å². The van der Waals surface area contributed by atoms with Gasteiger partial charge in [0.2, 0.25) is 0 Å². The van der Waals surface area contributed by atoms with Crippen molar-refractivity contribution in [3.8, 4) is 11.1 Å². The van der Waals surface area contributed by atoms with Crippen molar-refractivity contribution in [3.05, 3.63) is 83.9 Å². The second-order valence-electron chi connectivity index (χ2n) is 7.31. The summed E-state index contributed by atoms with van der Waals surface area (Å²) < 4.78 is 5.73. The Morgan fingerprint density at radius 1 is 0.481 bits per heavy atom. The Hall–Kier alpha value is -2.68. The summed E-state index contributed by atoms with van der Waals surface area (Å²) in [5.74, 6) is 0. The average molecular weight is 379 g/mol. The molecule has 7 rings (SSSR count). The van der Waals surface area contributed by atoms with Crippen molar-refractivity contribution >= 4 is 63.0 Å². The van der Waals surface area contributed by atoms with E-state index in [1.54, 1.807) is 0 Å². The smallest absolute Gasteiger partial charge is 0.0396 e. The van der Waals surface area contributed by atoms with E-state index in [-0.39, 0.29) is 0 Å². The van der Waals surface area contributed by atoms with E-state index in [0.29, 0.717) is 0 Å². The molecular weight excluding hydrogens is 364 g/mol. The lowest BCUT2D eigenvalue weighted by molar-refractivity contribution is 1.32. The van der Waals surface area contributed by atoms with Gasteiger partial charge in [0.25, 0.3) is 0 Å². The van der Waals surface area contributed by atoms with Crippen LogP contribution in [0.25, 0.3) is 51.5 Å². The van der Waals surface area contributed by atoms with Gasteiger partial charge in [0, 0.05) is 46.8 Å². The Morgan fingerprint density at radius 3 is 1.48 bits per heavy atom. The number of benzene rings is 4. The highest BCUT2D eigenvalue weighted by molar-refractivity contribution is 7.26. The Labute approximate surface area is 164 Å². The monoisotopic (exact) mass is 378 g/mol. The number of thiophene rings is 2. The maximum Gasteiger partial charge on any atom is 0.0396 e. The SMILES string of the molecule is c1ccc2c(c1)sc1c3c(ccc12)-c1ccc2c(sc4ccccc42)c1C3. The zero-order chi connectivity index (χ0) is 17.5. The molecule has 0 aliphatic heterocycles. The topological polar surface area (TPSA) is 0 Å². The lowest BCUT2D eigenvalue weighted by atomic mass is 10.0. The van der Waals surface area contributed by atoms with Crippen molar-refractivity contribution in [1.82, 2.24) is 0 Å². The van der Waals surface area contributed by atoms with Crippen molar-refractivity contribution in [2.24, 2.45) is 0 Å². The molecule has 27 heavy (non-hydrogen) atoms. The Kier molecular flexibility index (Phi) is 2.65. The third-order valence-corrected chi connectivity index (χ3v) is 8.44. The highest BCUT2D eigenvalue weighted by Gasteiger charge is 2.25. The van der Waals surface area contributed by atoms with Gasteiger partial charge in [-0.3, -0.25) is 0 Å². The molecule has 0 N–H and O–H groups in total. The number of hydrogen-bond donors (Lipinski definition) is 0. The van der Waals surface area contributed by atoms with Crippen LogP contribution in [0.1, 0.15) is 11.1 Å². The molecule has 1 aliphatic carbocycles. The van der Waals surface area contributed by atoms with E-state index < -0.39 is 0 Å². The van der Waals surface area contributed by atoms with Crippen molar-refractivity contribution in [1.29, 1.82) is 0 Å². The number of rotatable bonds is 0. The van der Waals surface area contributed by atoms with Gasteiger partial charge in [-0.15, -0.1) is 22.7 Å². The summed E-state index contributed by atoms with van der Waals surface area (Å²) in [7, 11) is 0. The molecule has 126 valence electrons. The van der Waals surface area contributed by atoms with Gasteiger partial charge < -0.3 is 0 Å². The van der Waals surface area contributed by atoms with E-state index in [9.17, 15) is 0 Å². The van der Waals surface area contributed by atoms with Crippen molar-refractivity contribution < 1.29 is 0 Å². The van der Waals surface area contributed by atoms with Crippen LogP contribution in [0.2, 0.25) is 0 Å². The standard InChI is InChI=1S/C25H14S2/c1-3-7-22-16(5-1)18-11-9-14-15-10-12-19-17-6-2-4-8-23(17)27-25(19)21(15)13-20(14)24(18)26-22/h1-12H,13H2. The first kappa shape index (κ1) is 14.4. The molecule has 0 saturated carbocycles. The average Bonchev–Trinajstić information content (AvgIpc) is 3.38. The first-order valence-corrected chi connectivity index (χ1v) is 10.9. The normalized spacial score (nSPS) is 13.0. The number of hydrogen-bond acceptors (Lipinski definition) is 2. The molecular formula is C25H14S2. The molecule has 2 heteroatoms. The molecule has 4 aromatic carbocycles. The predicted octanol–water partition coefficient (Wildman–Crippen LogP) is 7.99. The highest BCUT2D eigenvalue weighted by atomic mass is 32.1. The molecule has 6 aromatic rings. The molecule has 0 saturated heterocycles. The summed E-state index contributed by atoms with van der Waals surface area (Å²) in [5, 5.41) is 5.61. The molecule has 0 bridgehead atoms. The number of fused-ring (bicyclic) bond motifs is 11. The fraction of sp³-hybridized carbons (Fsp3) is 0.0400. The van der Waals surface area contributed by atoms with E-state index >= 15 is 0 Å². The zero-order valence-electron chi connectivity index (χ0n) is 14.5. The van der Waals surface area contributed by atoms with E-state index in [4.69, 9.17) is 0 Å². The summed E-state index contributed by atoms with van der Waals surface area (Å²) in [6.45, 7) is 0. The lowest BCUT2D eigenvalue weighted by Crippen LogP contribution is -1.81. The Balaban J connectivity index is 1.57. The van der Waals surface area contributed by atoms with Crippen LogP contribution in [-0.4, -0.2) is 0 Å². The van der Waals surface area contributed by atoms with Gasteiger partial charge in [-0.2, -0.15) is 0 Å². The van der Waals surface area contributed by atoms with Crippen LogP contribution in [0.5, 0.6) is 0 Å². The van der Waals surface area contributed by atoms with Crippen LogP contribution in [-0.2, 0) is 6.42 Å². The summed E-state index contributed by atoms with van der Waals surface area (Å²) in [4.78, 5) is 0. The molecule has 0 atom stereocenters. The van der Waals surface area contributed by atoms with E-state index in [2.05, 4.69) is 72.8 Å². The molecule has 2 aromatic heterocycles. The van der Waals surface area contributed by atoms with Gasteiger partial charge in [0.05, 0.1) is 0 Å². The van der Waals surface area contributed by atoms with Crippen LogP contribution >= 0.6 is 22.7 Å². The van der Waals surface area contributed by atoms with Crippen LogP contribution < -0.4 is 0 Å². The predicted molar refractivity (Wildman–Crippen MR) is 120 cm³/mol. The van der Waals surface area contributed by atoms with Crippen LogP contribution in [0.15, 0.2) is 72.8 Å². The van der Waals surface area contributed by atoms with E-state index in [1.807, 2.05) is 22.7 Å². The third-order valence-electron chi connectivity index (χ3n) is 5.94. The van der Waals surface area contributed by atoms with Gasteiger partial charge in [-0.25, -0.2) is 0 Å². The van der Waals surface area contributed by atoms with Gasteiger partial charge in [-0.05, 0) is 34.4 Å². The fourth-order valence-corrected chi connectivity index (χ4v) is 7.22.